The Bertz CT molecular complexity index is 931. The van der Waals surface area contributed by atoms with Gasteiger partial charge in [0, 0.05) is 35.5 Å². The van der Waals surface area contributed by atoms with E-state index in [2.05, 4.69) is 66.8 Å². The fourth-order valence-electron chi connectivity index (χ4n) is 8.41. The van der Waals surface area contributed by atoms with Crippen LogP contribution in [0.25, 0.3) is 0 Å². The molecule has 7 atom stereocenters. The molecule has 0 aromatic rings. The molecule has 0 aromatic carbocycles. The van der Waals surface area contributed by atoms with E-state index in [0.29, 0.717) is 28.9 Å². The molecular weight excluding hydrogens is 454 g/mol. The number of nitrogens with zero attached hydrogens (tertiary/aromatic N) is 2. The van der Waals surface area contributed by atoms with Crippen LogP contribution >= 0.6 is 12.2 Å². The number of fused-ring (bicyclic) bond motifs is 5. The highest BCUT2D eigenvalue weighted by atomic mass is 32.1. The van der Waals surface area contributed by atoms with E-state index < -0.39 is 0 Å². The molecule has 0 bridgehead atoms. The van der Waals surface area contributed by atoms with Crippen molar-refractivity contribution in [2.75, 3.05) is 7.05 Å². The minimum Gasteiger partial charge on any atom is -0.358 e. The number of hydrogen-bond acceptors (Lipinski definition) is 3. The summed E-state index contributed by atoms with van der Waals surface area (Å²) in [6.07, 6.45) is 10.5. The van der Waals surface area contributed by atoms with Gasteiger partial charge in [-0.1, -0.05) is 19.9 Å². The first-order valence-electron chi connectivity index (χ1n) is 13.6. The second kappa shape index (κ2) is 8.56. The van der Waals surface area contributed by atoms with Gasteiger partial charge >= 0.3 is 0 Å². The van der Waals surface area contributed by atoms with Crippen LogP contribution in [0.1, 0.15) is 93.9 Å². The van der Waals surface area contributed by atoms with Gasteiger partial charge in [-0.05, 0) is 122 Å². The minimum absolute atomic E-state index is 0.00238. The first-order chi connectivity index (χ1) is 16.0. The summed E-state index contributed by atoms with van der Waals surface area (Å²) in [7, 11) is 1.97. The summed E-state index contributed by atoms with van der Waals surface area (Å²) >= 11 is 5.81. The molecule has 3 fully saturated rings. The zero-order chi connectivity index (χ0) is 26.1. The van der Waals surface area contributed by atoms with Crippen molar-refractivity contribution >= 4 is 29.1 Å². The zero-order valence-electron chi connectivity index (χ0n) is 23.4. The van der Waals surface area contributed by atoms with E-state index in [1.165, 1.54) is 0 Å². The van der Waals surface area contributed by atoms with Crippen LogP contribution in [0, 0.1) is 34.5 Å². The van der Waals surface area contributed by atoms with E-state index in [1.54, 1.807) is 6.08 Å². The normalized spacial score (nSPS) is 38.9. The summed E-state index contributed by atoms with van der Waals surface area (Å²) in [5.41, 5.74) is -0.544. The average Bonchev–Trinajstić information content (AvgIpc) is 3.06. The van der Waals surface area contributed by atoms with Crippen LogP contribution in [0.5, 0.6) is 0 Å². The Hall–Kier alpha value is -1.43. The van der Waals surface area contributed by atoms with Gasteiger partial charge in [0.25, 0.3) is 0 Å². The maximum Gasteiger partial charge on any atom is 0.246 e. The minimum atomic E-state index is -0.381. The Morgan fingerprint density at radius 3 is 2.31 bits per heavy atom. The summed E-state index contributed by atoms with van der Waals surface area (Å²) < 4.78 is 0. The number of likely N-dealkylation sites (N-methyl/N-ethyl adjacent to an activating group) is 1. The maximum atomic E-state index is 14.3. The quantitative estimate of drug-likeness (QED) is 0.479. The van der Waals surface area contributed by atoms with E-state index in [9.17, 15) is 9.59 Å². The van der Waals surface area contributed by atoms with Crippen LogP contribution in [-0.2, 0) is 9.59 Å². The predicted molar refractivity (Wildman–Crippen MR) is 146 cm³/mol. The van der Waals surface area contributed by atoms with Crippen LogP contribution in [0.3, 0.4) is 0 Å². The smallest absolute Gasteiger partial charge is 0.246 e. The fourth-order valence-corrected chi connectivity index (χ4v) is 9.08. The number of carbonyl (C=O) groups is 2. The summed E-state index contributed by atoms with van der Waals surface area (Å²) in [5, 5.41) is 3.95. The number of hydrogen-bond donors (Lipinski definition) is 1. The van der Waals surface area contributed by atoms with Crippen molar-refractivity contribution in [2.45, 2.75) is 111 Å². The summed E-state index contributed by atoms with van der Waals surface area (Å²) in [6, 6.07) is 0.293. The number of nitrogens with one attached hydrogen (secondary N) is 1. The third-order valence-electron chi connectivity index (χ3n) is 10.0. The first-order valence-corrected chi connectivity index (χ1v) is 14.0. The molecule has 1 N–H and O–H groups in total. The first kappa shape index (κ1) is 26.6. The molecule has 196 valence electrons. The van der Waals surface area contributed by atoms with Crippen molar-refractivity contribution in [2.24, 2.45) is 34.5 Å². The van der Waals surface area contributed by atoms with E-state index in [4.69, 9.17) is 12.2 Å². The largest absolute Gasteiger partial charge is 0.358 e. The summed E-state index contributed by atoms with van der Waals surface area (Å²) in [5.74, 6) is 2.08. The average molecular weight is 502 g/mol. The molecule has 2 amide bonds. The van der Waals surface area contributed by atoms with Crippen LogP contribution in [0.2, 0.25) is 0 Å². The summed E-state index contributed by atoms with van der Waals surface area (Å²) in [6.45, 7) is 17.3. The molecule has 5 nitrogen and oxygen atoms in total. The second-order valence-corrected chi connectivity index (χ2v) is 14.7. The van der Waals surface area contributed by atoms with Gasteiger partial charge in [0.15, 0.2) is 5.11 Å². The number of carbonyl (C=O) groups excluding carboxylic acids is 2. The Labute approximate surface area is 218 Å². The molecule has 0 radical (unpaired) electrons. The number of rotatable bonds is 1. The molecule has 1 aliphatic heterocycles. The van der Waals surface area contributed by atoms with Crippen molar-refractivity contribution in [1.82, 2.24) is 15.1 Å². The fraction of sp³-hybridized carbons (Fsp3) is 0.828. The monoisotopic (exact) mass is 501 g/mol. The lowest BCUT2D eigenvalue weighted by molar-refractivity contribution is -0.147. The van der Waals surface area contributed by atoms with E-state index >= 15 is 0 Å². The third kappa shape index (κ3) is 4.36. The van der Waals surface area contributed by atoms with E-state index in [1.807, 2.05) is 16.8 Å². The number of amides is 2. The lowest BCUT2D eigenvalue weighted by Gasteiger charge is -2.60. The Morgan fingerprint density at radius 1 is 1.06 bits per heavy atom. The van der Waals surface area contributed by atoms with Crippen LogP contribution < -0.4 is 5.32 Å². The molecule has 6 heteroatoms. The van der Waals surface area contributed by atoms with Crippen molar-refractivity contribution in [3.63, 3.8) is 0 Å². The molecule has 4 aliphatic rings. The maximum absolute atomic E-state index is 14.3. The molecule has 0 aromatic heterocycles. The molecule has 0 saturated heterocycles. The Balaban J connectivity index is 1.61. The Morgan fingerprint density at radius 2 is 1.71 bits per heavy atom. The SMILES string of the molecule is CN1C(=O)C=C[C@]2(C)[C@H]3CC[C@]4(C)[C@@H](C(=O)N(C(=S)NC(C)(C)C)C(C)(C)C)CC[C@H]4[C@@H]3CC[C@@H]12. The van der Waals surface area contributed by atoms with Gasteiger partial charge in [-0.2, -0.15) is 0 Å². The second-order valence-electron chi connectivity index (χ2n) is 14.3. The molecule has 0 unspecified atom stereocenters. The predicted octanol–water partition coefficient (Wildman–Crippen LogP) is 5.54. The molecule has 3 aliphatic carbocycles. The van der Waals surface area contributed by atoms with Gasteiger partial charge in [-0.25, -0.2) is 0 Å². The van der Waals surface area contributed by atoms with Crippen molar-refractivity contribution in [3.05, 3.63) is 12.2 Å². The van der Waals surface area contributed by atoms with Crippen LogP contribution in [0.4, 0.5) is 0 Å². The molecule has 3 saturated carbocycles. The van der Waals surface area contributed by atoms with Gasteiger partial charge in [-0.3, -0.25) is 14.5 Å². The molecular formula is C29H47N3O2S. The summed E-state index contributed by atoms with van der Waals surface area (Å²) in [4.78, 5) is 30.5. The topological polar surface area (TPSA) is 52.7 Å². The van der Waals surface area contributed by atoms with Gasteiger partial charge in [0.2, 0.25) is 11.8 Å². The van der Waals surface area contributed by atoms with Crippen LogP contribution in [-0.4, -0.2) is 50.9 Å². The highest BCUT2D eigenvalue weighted by Gasteiger charge is 2.62. The highest BCUT2D eigenvalue weighted by Crippen LogP contribution is 2.65. The molecule has 4 rings (SSSR count). The zero-order valence-corrected chi connectivity index (χ0v) is 24.2. The molecule has 1 heterocycles. The third-order valence-corrected chi connectivity index (χ3v) is 10.3. The van der Waals surface area contributed by atoms with Gasteiger partial charge in [0.05, 0.1) is 0 Å². The lowest BCUT2D eigenvalue weighted by atomic mass is 9.47. The van der Waals surface area contributed by atoms with Crippen molar-refractivity contribution in [3.8, 4) is 0 Å². The lowest BCUT2D eigenvalue weighted by Crippen LogP contribution is -2.61. The molecule has 0 spiro atoms. The van der Waals surface area contributed by atoms with Crippen LogP contribution in [0.15, 0.2) is 12.2 Å². The van der Waals surface area contributed by atoms with Gasteiger partial charge in [0.1, 0.15) is 0 Å². The van der Waals surface area contributed by atoms with E-state index in [-0.39, 0.29) is 39.6 Å². The van der Waals surface area contributed by atoms with Gasteiger partial charge in [-0.15, -0.1) is 0 Å². The Kier molecular flexibility index (Phi) is 6.51. The van der Waals surface area contributed by atoms with Crippen molar-refractivity contribution in [1.29, 1.82) is 0 Å². The highest BCUT2D eigenvalue weighted by molar-refractivity contribution is 7.80. The number of thiocarbonyl (C=S) groups is 1. The molecule has 35 heavy (non-hydrogen) atoms. The van der Waals surface area contributed by atoms with Gasteiger partial charge < -0.3 is 10.2 Å². The standard InChI is InChI=1S/C29H47N3O2S/c1-26(2,3)30-25(35)32(27(4,5)6)24(34)21-12-11-19-18-10-13-22-29(8,17-15-23(33)31(22)9)20(18)14-16-28(19,21)7/h15,17-22H,10-14,16H2,1-9H3,(H,30,35)/t18-,19-,20-,21+,22+,28-,29+/m0/s1. The van der Waals surface area contributed by atoms with Crippen molar-refractivity contribution < 1.29 is 9.59 Å². The van der Waals surface area contributed by atoms with E-state index in [0.717, 1.165) is 38.5 Å².